The van der Waals surface area contributed by atoms with Gasteiger partial charge in [0.2, 0.25) is 5.91 Å². The van der Waals surface area contributed by atoms with Crippen LogP contribution >= 0.6 is 0 Å². The number of likely N-dealkylation sites (N-methyl/N-ethyl adjacent to an activating group) is 1. The second-order valence-electron chi connectivity index (χ2n) is 6.44. The van der Waals surface area contributed by atoms with E-state index in [-0.39, 0.29) is 5.91 Å². The Morgan fingerprint density at radius 2 is 2.00 bits per heavy atom. The van der Waals surface area contributed by atoms with Gasteiger partial charge >= 0.3 is 0 Å². The van der Waals surface area contributed by atoms with Crippen LogP contribution in [0.25, 0.3) is 11.0 Å². The van der Waals surface area contributed by atoms with Gasteiger partial charge in [-0.15, -0.1) is 0 Å². The number of fused-ring (bicyclic) bond motifs is 1. The number of pyridine rings is 1. The number of piperazine rings is 1. The van der Waals surface area contributed by atoms with Crippen molar-refractivity contribution >= 4 is 16.9 Å². The molecular formula is C18H27N5O. The molecule has 0 radical (unpaired) electrons. The van der Waals surface area contributed by atoms with E-state index in [1.165, 1.54) is 0 Å². The Hall–Kier alpha value is -1.92. The monoisotopic (exact) mass is 329 g/mol. The topological polar surface area (TPSA) is 53.4 Å². The molecular weight excluding hydrogens is 302 g/mol. The highest BCUT2D eigenvalue weighted by molar-refractivity contribution is 5.87. The van der Waals surface area contributed by atoms with Crippen LogP contribution in [-0.2, 0) is 18.3 Å². The van der Waals surface area contributed by atoms with Crippen LogP contribution < -0.4 is 5.32 Å². The van der Waals surface area contributed by atoms with Gasteiger partial charge in [0.05, 0.1) is 6.42 Å². The molecule has 0 saturated carbocycles. The quantitative estimate of drug-likeness (QED) is 0.854. The van der Waals surface area contributed by atoms with Crippen molar-refractivity contribution in [3.8, 4) is 0 Å². The fourth-order valence-electron chi connectivity index (χ4n) is 3.35. The van der Waals surface area contributed by atoms with Crippen molar-refractivity contribution < 1.29 is 4.79 Å². The van der Waals surface area contributed by atoms with E-state index in [1.54, 1.807) is 6.20 Å². The molecule has 0 spiro atoms. The summed E-state index contributed by atoms with van der Waals surface area (Å²) in [4.78, 5) is 21.5. The average Bonchev–Trinajstić information content (AvgIpc) is 2.92. The molecule has 2 aromatic rings. The molecule has 0 aliphatic carbocycles. The highest BCUT2D eigenvalue weighted by atomic mass is 16.1. The zero-order valence-electron chi connectivity index (χ0n) is 14.7. The lowest BCUT2D eigenvalue weighted by Crippen LogP contribution is -2.48. The van der Waals surface area contributed by atoms with Crippen molar-refractivity contribution in [2.75, 3.05) is 45.8 Å². The van der Waals surface area contributed by atoms with E-state index in [1.807, 2.05) is 29.9 Å². The zero-order chi connectivity index (χ0) is 16.9. The summed E-state index contributed by atoms with van der Waals surface area (Å²) in [6, 6.07) is 3.94. The summed E-state index contributed by atoms with van der Waals surface area (Å²) in [5.41, 5.74) is 1.96. The van der Waals surface area contributed by atoms with Crippen molar-refractivity contribution in [1.29, 1.82) is 0 Å². The Kier molecular flexibility index (Phi) is 5.48. The number of carbonyl (C=O) groups is 1. The van der Waals surface area contributed by atoms with Gasteiger partial charge < -0.3 is 14.8 Å². The van der Waals surface area contributed by atoms with Crippen molar-refractivity contribution in [2.45, 2.75) is 13.3 Å². The molecule has 6 nitrogen and oxygen atoms in total. The molecule has 1 N–H and O–H groups in total. The number of rotatable bonds is 6. The number of hydrogen-bond acceptors (Lipinski definition) is 4. The van der Waals surface area contributed by atoms with Gasteiger partial charge in [0.15, 0.2) is 0 Å². The third kappa shape index (κ3) is 3.94. The van der Waals surface area contributed by atoms with E-state index in [4.69, 9.17) is 0 Å². The van der Waals surface area contributed by atoms with Gasteiger partial charge in [-0.1, -0.05) is 6.92 Å². The molecule has 0 bridgehead atoms. The lowest BCUT2D eigenvalue weighted by molar-refractivity contribution is -0.120. The van der Waals surface area contributed by atoms with E-state index < -0.39 is 0 Å². The number of hydrogen-bond donors (Lipinski definition) is 1. The van der Waals surface area contributed by atoms with Crippen LogP contribution in [0.4, 0.5) is 0 Å². The van der Waals surface area contributed by atoms with E-state index in [2.05, 4.69) is 27.0 Å². The number of aromatic nitrogens is 2. The SMILES string of the molecule is CCN1CCN(CCNC(=O)Cc2cn(C)c3ncccc23)CC1. The van der Waals surface area contributed by atoms with Crippen molar-refractivity contribution in [1.82, 2.24) is 24.7 Å². The summed E-state index contributed by atoms with van der Waals surface area (Å²) >= 11 is 0. The van der Waals surface area contributed by atoms with E-state index in [9.17, 15) is 4.79 Å². The fourth-order valence-corrected chi connectivity index (χ4v) is 3.35. The first-order valence-corrected chi connectivity index (χ1v) is 8.77. The average molecular weight is 329 g/mol. The Bertz CT molecular complexity index is 688. The van der Waals surface area contributed by atoms with Crippen LogP contribution in [0.5, 0.6) is 0 Å². The number of carbonyl (C=O) groups excluding carboxylic acids is 1. The molecule has 6 heteroatoms. The number of nitrogens with one attached hydrogen (secondary N) is 1. The fraction of sp³-hybridized carbons (Fsp3) is 0.556. The minimum Gasteiger partial charge on any atom is -0.355 e. The number of nitrogens with zero attached hydrogens (tertiary/aromatic N) is 4. The predicted molar refractivity (Wildman–Crippen MR) is 96.0 cm³/mol. The largest absolute Gasteiger partial charge is 0.355 e. The van der Waals surface area contributed by atoms with E-state index >= 15 is 0 Å². The molecule has 1 saturated heterocycles. The standard InChI is InChI=1S/C18H27N5O/c1-3-22-9-11-23(12-10-22)8-7-19-17(24)13-15-14-21(2)18-16(15)5-4-6-20-18/h4-6,14H,3,7-13H2,1-2H3,(H,19,24). The Morgan fingerprint density at radius 1 is 1.25 bits per heavy atom. The van der Waals surface area contributed by atoms with Crippen molar-refractivity contribution in [3.63, 3.8) is 0 Å². The molecule has 3 rings (SSSR count). The number of aryl methyl sites for hydroxylation is 1. The first-order chi connectivity index (χ1) is 11.7. The van der Waals surface area contributed by atoms with Gasteiger partial charge in [0.25, 0.3) is 0 Å². The molecule has 0 atom stereocenters. The summed E-state index contributed by atoms with van der Waals surface area (Å²) < 4.78 is 1.98. The second kappa shape index (κ2) is 7.77. The summed E-state index contributed by atoms with van der Waals surface area (Å²) in [7, 11) is 1.96. The summed E-state index contributed by atoms with van der Waals surface area (Å²) in [5, 5.41) is 4.11. The molecule has 1 aliphatic rings. The molecule has 0 aromatic carbocycles. The van der Waals surface area contributed by atoms with Crippen LogP contribution in [0.3, 0.4) is 0 Å². The third-order valence-electron chi connectivity index (χ3n) is 4.83. The van der Waals surface area contributed by atoms with Gasteiger partial charge in [-0.05, 0) is 24.2 Å². The smallest absolute Gasteiger partial charge is 0.224 e. The molecule has 0 unspecified atom stereocenters. The predicted octanol–water partition coefficient (Wildman–Crippen LogP) is 0.870. The van der Waals surface area contributed by atoms with Crippen LogP contribution in [0.2, 0.25) is 0 Å². The van der Waals surface area contributed by atoms with E-state index in [0.717, 1.165) is 55.9 Å². The molecule has 2 aromatic heterocycles. The Labute approximate surface area is 143 Å². The summed E-state index contributed by atoms with van der Waals surface area (Å²) in [6.07, 6.45) is 4.19. The maximum Gasteiger partial charge on any atom is 0.224 e. The molecule has 130 valence electrons. The highest BCUT2D eigenvalue weighted by Crippen LogP contribution is 2.18. The molecule has 1 fully saturated rings. The first kappa shape index (κ1) is 16.9. The minimum atomic E-state index is 0.0820. The van der Waals surface area contributed by atoms with Gasteiger partial charge in [-0.25, -0.2) is 4.98 Å². The third-order valence-corrected chi connectivity index (χ3v) is 4.83. The van der Waals surface area contributed by atoms with Crippen LogP contribution in [0.15, 0.2) is 24.5 Å². The second-order valence-corrected chi connectivity index (χ2v) is 6.44. The van der Waals surface area contributed by atoms with Crippen molar-refractivity contribution in [3.05, 3.63) is 30.1 Å². The van der Waals surface area contributed by atoms with Gasteiger partial charge in [-0.3, -0.25) is 9.69 Å². The minimum absolute atomic E-state index is 0.0820. The van der Waals surface area contributed by atoms with Crippen LogP contribution in [-0.4, -0.2) is 71.1 Å². The van der Waals surface area contributed by atoms with Gasteiger partial charge in [-0.2, -0.15) is 0 Å². The summed E-state index contributed by atoms with van der Waals surface area (Å²) in [6.45, 7) is 9.44. The Morgan fingerprint density at radius 3 is 2.75 bits per heavy atom. The summed E-state index contributed by atoms with van der Waals surface area (Å²) in [5.74, 6) is 0.0820. The maximum atomic E-state index is 12.2. The molecule has 1 amide bonds. The maximum absolute atomic E-state index is 12.2. The van der Waals surface area contributed by atoms with Gasteiger partial charge in [0.1, 0.15) is 5.65 Å². The first-order valence-electron chi connectivity index (χ1n) is 8.77. The van der Waals surface area contributed by atoms with Crippen LogP contribution in [0, 0.1) is 0 Å². The molecule has 3 heterocycles. The lowest BCUT2D eigenvalue weighted by atomic mass is 10.1. The number of amides is 1. The normalized spacial score (nSPS) is 16.6. The highest BCUT2D eigenvalue weighted by Gasteiger charge is 2.15. The van der Waals surface area contributed by atoms with Crippen LogP contribution in [0.1, 0.15) is 12.5 Å². The lowest BCUT2D eigenvalue weighted by Gasteiger charge is -2.33. The molecule has 24 heavy (non-hydrogen) atoms. The van der Waals surface area contributed by atoms with Gasteiger partial charge in [0, 0.05) is 64.1 Å². The zero-order valence-corrected chi connectivity index (χ0v) is 14.7. The molecule has 1 aliphatic heterocycles. The van der Waals surface area contributed by atoms with Crippen molar-refractivity contribution in [2.24, 2.45) is 7.05 Å². The van der Waals surface area contributed by atoms with E-state index in [0.29, 0.717) is 13.0 Å². The Balaban J connectivity index is 1.46.